The normalized spacial score (nSPS) is 12.0. The highest BCUT2D eigenvalue weighted by molar-refractivity contribution is 7.89. The molecule has 0 fully saturated rings. The fourth-order valence-electron chi connectivity index (χ4n) is 2.34. The predicted molar refractivity (Wildman–Crippen MR) is 84.3 cm³/mol. The molecule has 0 spiro atoms. The molecule has 126 valence electrons. The second-order valence-electron chi connectivity index (χ2n) is 5.33. The van der Waals surface area contributed by atoms with Crippen molar-refractivity contribution in [2.45, 2.75) is 25.3 Å². The maximum absolute atomic E-state index is 13.8. The van der Waals surface area contributed by atoms with E-state index in [1.54, 1.807) is 11.7 Å². The molecule has 0 radical (unpaired) electrons. The summed E-state index contributed by atoms with van der Waals surface area (Å²) in [4.78, 5) is -0.113. The number of aryl methyl sites for hydroxylation is 2. The van der Waals surface area contributed by atoms with Gasteiger partial charge in [-0.25, -0.2) is 12.8 Å². The third kappa shape index (κ3) is 3.23. The van der Waals surface area contributed by atoms with Crippen molar-refractivity contribution in [1.29, 1.82) is 0 Å². The first-order valence-corrected chi connectivity index (χ1v) is 8.41. The second-order valence-corrected chi connectivity index (χ2v) is 7.38. The molecule has 0 N–H and O–H groups in total. The minimum absolute atomic E-state index is 0.00514. The first-order chi connectivity index (χ1) is 10.7. The third-order valence-corrected chi connectivity index (χ3v) is 5.67. The van der Waals surface area contributed by atoms with Crippen LogP contribution in [0.5, 0.6) is 5.75 Å². The van der Waals surface area contributed by atoms with E-state index in [1.807, 2.05) is 13.8 Å². The smallest absolute Gasteiger partial charge is 0.243 e. The summed E-state index contributed by atoms with van der Waals surface area (Å²) in [5.74, 6) is -0.707. The van der Waals surface area contributed by atoms with Crippen LogP contribution in [0, 0.1) is 19.7 Å². The minimum atomic E-state index is -3.81. The van der Waals surface area contributed by atoms with Crippen LogP contribution in [0.15, 0.2) is 23.1 Å². The quantitative estimate of drug-likeness (QED) is 0.834. The molecule has 0 saturated carbocycles. The van der Waals surface area contributed by atoms with Crippen LogP contribution in [-0.4, -0.2) is 36.7 Å². The maximum Gasteiger partial charge on any atom is 0.243 e. The van der Waals surface area contributed by atoms with Crippen molar-refractivity contribution in [1.82, 2.24) is 14.1 Å². The van der Waals surface area contributed by atoms with E-state index in [0.29, 0.717) is 0 Å². The lowest BCUT2D eigenvalue weighted by Gasteiger charge is -2.18. The van der Waals surface area contributed by atoms with Gasteiger partial charge in [0.15, 0.2) is 11.6 Å². The van der Waals surface area contributed by atoms with Crippen molar-refractivity contribution in [2.75, 3.05) is 14.2 Å². The Hall–Kier alpha value is -1.93. The third-order valence-electron chi connectivity index (χ3n) is 3.87. The number of benzene rings is 1. The molecule has 2 aromatic rings. The van der Waals surface area contributed by atoms with Gasteiger partial charge in [0.25, 0.3) is 0 Å². The van der Waals surface area contributed by atoms with Gasteiger partial charge in [-0.15, -0.1) is 0 Å². The van der Waals surface area contributed by atoms with E-state index in [1.165, 1.54) is 30.6 Å². The molecule has 0 unspecified atom stereocenters. The van der Waals surface area contributed by atoms with Crippen LogP contribution < -0.4 is 4.74 Å². The van der Waals surface area contributed by atoms with Gasteiger partial charge in [-0.2, -0.15) is 9.40 Å². The maximum atomic E-state index is 13.8. The number of halogens is 1. The SMILES string of the molecule is COc1ccc(S(=O)(=O)N(C)Cc2c(C)nn(C)c2C)cc1F. The zero-order valence-electron chi connectivity index (χ0n) is 13.8. The molecule has 6 nitrogen and oxygen atoms in total. The minimum Gasteiger partial charge on any atom is -0.494 e. The van der Waals surface area contributed by atoms with Crippen molar-refractivity contribution in [3.05, 3.63) is 41.0 Å². The molecule has 8 heteroatoms. The molecule has 0 aliphatic heterocycles. The van der Waals surface area contributed by atoms with E-state index in [0.717, 1.165) is 23.0 Å². The first-order valence-electron chi connectivity index (χ1n) is 6.97. The molecule has 23 heavy (non-hydrogen) atoms. The summed E-state index contributed by atoms with van der Waals surface area (Å²) in [5, 5.41) is 4.27. The molecule has 1 aromatic carbocycles. The molecule has 0 atom stereocenters. The van der Waals surface area contributed by atoms with Crippen molar-refractivity contribution in [2.24, 2.45) is 7.05 Å². The summed E-state index contributed by atoms with van der Waals surface area (Å²) >= 11 is 0. The largest absolute Gasteiger partial charge is 0.494 e. The Morgan fingerprint density at radius 1 is 1.35 bits per heavy atom. The topological polar surface area (TPSA) is 64.4 Å². The molecule has 0 amide bonds. The highest BCUT2D eigenvalue weighted by atomic mass is 32.2. The van der Waals surface area contributed by atoms with E-state index in [2.05, 4.69) is 5.10 Å². The van der Waals surface area contributed by atoms with Gasteiger partial charge in [-0.1, -0.05) is 0 Å². The van der Waals surface area contributed by atoms with E-state index in [9.17, 15) is 12.8 Å². The fraction of sp³-hybridized carbons (Fsp3) is 0.400. The summed E-state index contributed by atoms with van der Waals surface area (Å²) in [6.45, 7) is 3.88. The van der Waals surface area contributed by atoms with Gasteiger partial charge in [-0.3, -0.25) is 4.68 Å². The standard InChI is InChI=1S/C15H20FN3O3S/c1-10-13(11(2)19(4)17-10)9-18(3)23(20,21)12-6-7-15(22-5)14(16)8-12/h6-8H,9H2,1-5H3. The Balaban J connectivity index is 2.33. The first kappa shape index (κ1) is 17.4. The molecular formula is C15H20FN3O3S. The Labute approximate surface area is 135 Å². The van der Waals surface area contributed by atoms with Gasteiger partial charge >= 0.3 is 0 Å². The van der Waals surface area contributed by atoms with Crippen molar-refractivity contribution < 1.29 is 17.5 Å². The van der Waals surface area contributed by atoms with Gasteiger partial charge in [-0.05, 0) is 32.0 Å². The highest BCUT2D eigenvalue weighted by Crippen LogP contribution is 2.24. The summed E-state index contributed by atoms with van der Waals surface area (Å²) in [6, 6.07) is 3.60. The van der Waals surface area contributed by atoms with E-state index in [4.69, 9.17) is 4.74 Å². The predicted octanol–water partition coefficient (Wildman–Crippen LogP) is 2.01. The second kappa shape index (κ2) is 6.29. The molecule has 0 bridgehead atoms. The molecule has 0 aliphatic carbocycles. The number of hydrogen-bond acceptors (Lipinski definition) is 4. The van der Waals surface area contributed by atoms with Gasteiger partial charge < -0.3 is 4.74 Å². The lowest BCUT2D eigenvalue weighted by atomic mass is 10.2. The summed E-state index contributed by atoms with van der Waals surface area (Å²) in [5.41, 5.74) is 2.51. The van der Waals surface area contributed by atoms with Crippen LogP contribution in [0.2, 0.25) is 0 Å². The molecular weight excluding hydrogens is 321 g/mol. The Bertz CT molecular complexity index is 831. The van der Waals surface area contributed by atoms with Crippen LogP contribution in [0.1, 0.15) is 17.0 Å². The average molecular weight is 341 g/mol. The summed E-state index contributed by atoms with van der Waals surface area (Å²) in [6.07, 6.45) is 0. The number of sulfonamides is 1. The van der Waals surface area contributed by atoms with E-state index in [-0.39, 0.29) is 17.2 Å². The summed E-state index contributed by atoms with van der Waals surface area (Å²) < 4.78 is 46.7. The zero-order chi connectivity index (χ0) is 17.4. The van der Waals surface area contributed by atoms with Crippen molar-refractivity contribution in [3.63, 3.8) is 0 Å². The van der Waals surface area contributed by atoms with Crippen LogP contribution in [0.25, 0.3) is 0 Å². The van der Waals surface area contributed by atoms with Gasteiger partial charge in [0.05, 0.1) is 17.7 Å². The van der Waals surface area contributed by atoms with Gasteiger partial charge in [0.1, 0.15) is 0 Å². The lowest BCUT2D eigenvalue weighted by Crippen LogP contribution is -2.27. The Morgan fingerprint density at radius 3 is 2.48 bits per heavy atom. The Morgan fingerprint density at radius 2 is 2.00 bits per heavy atom. The van der Waals surface area contributed by atoms with Crippen LogP contribution in [0.3, 0.4) is 0 Å². The zero-order valence-corrected chi connectivity index (χ0v) is 14.6. The number of rotatable bonds is 5. The molecule has 0 aliphatic rings. The molecule has 1 heterocycles. The lowest BCUT2D eigenvalue weighted by molar-refractivity contribution is 0.385. The Kier molecular flexibility index (Phi) is 4.76. The highest BCUT2D eigenvalue weighted by Gasteiger charge is 2.24. The number of nitrogens with zero attached hydrogens (tertiary/aromatic N) is 3. The molecule has 2 rings (SSSR count). The van der Waals surface area contributed by atoms with Crippen molar-refractivity contribution in [3.8, 4) is 5.75 Å². The summed E-state index contributed by atoms with van der Waals surface area (Å²) in [7, 11) is 0.784. The van der Waals surface area contributed by atoms with E-state index >= 15 is 0 Å². The molecule has 1 aromatic heterocycles. The van der Waals surface area contributed by atoms with Crippen LogP contribution in [-0.2, 0) is 23.6 Å². The monoisotopic (exact) mass is 341 g/mol. The average Bonchev–Trinajstić information content (AvgIpc) is 2.73. The number of ether oxygens (including phenoxy) is 1. The van der Waals surface area contributed by atoms with Crippen LogP contribution >= 0.6 is 0 Å². The number of methoxy groups -OCH3 is 1. The van der Waals surface area contributed by atoms with Crippen LogP contribution in [0.4, 0.5) is 4.39 Å². The van der Waals surface area contributed by atoms with Gasteiger partial charge in [0, 0.05) is 31.9 Å². The van der Waals surface area contributed by atoms with E-state index < -0.39 is 15.8 Å². The van der Waals surface area contributed by atoms with Gasteiger partial charge in [0.2, 0.25) is 10.0 Å². The fourth-order valence-corrected chi connectivity index (χ4v) is 3.49. The number of hydrogen-bond donors (Lipinski definition) is 0. The molecule has 0 saturated heterocycles. The van der Waals surface area contributed by atoms with Crippen molar-refractivity contribution >= 4 is 10.0 Å². The number of aromatic nitrogens is 2.